The van der Waals surface area contributed by atoms with Gasteiger partial charge in [-0.05, 0) is 49.2 Å². The fourth-order valence-corrected chi connectivity index (χ4v) is 6.52. The molecule has 2 aliphatic heterocycles. The molecule has 6 N–H and O–H groups in total. The van der Waals surface area contributed by atoms with E-state index in [1.807, 2.05) is 11.8 Å². The number of hydrogen-bond acceptors (Lipinski definition) is 8. The number of hydrogen-bond donors (Lipinski definition) is 6. The molecule has 0 spiro atoms. The number of fused-ring (bicyclic) bond motifs is 1. The second kappa shape index (κ2) is 13.6. The molecule has 4 amide bonds. The van der Waals surface area contributed by atoms with Crippen molar-refractivity contribution in [1.29, 1.82) is 0 Å². The minimum absolute atomic E-state index is 0.00928. The number of carbonyl (C=O) groups is 3. The highest BCUT2D eigenvalue weighted by atomic mass is 32.2. The summed E-state index contributed by atoms with van der Waals surface area (Å²) in [5.74, 6) is 1.17. The number of H-pyrrole nitrogens is 1. The number of amides is 4. The highest BCUT2D eigenvalue weighted by molar-refractivity contribution is 8.00. The summed E-state index contributed by atoms with van der Waals surface area (Å²) in [5.41, 5.74) is 2.01. The number of carbonyl (C=O) groups excluding carboxylic acids is 3. The smallest absolute Gasteiger partial charge is 0.315 e. The van der Waals surface area contributed by atoms with Gasteiger partial charge in [0.25, 0.3) is 5.91 Å². The number of ether oxygens (including phenoxy) is 1. The van der Waals surface area contributed by atoms with Gasteiger partial charge < -0.3 is 35.5 Å². The maximum Gasteiger partial charge on any atom is 0.315 e. The Morgan fingerprint density at radius 2 is 1.98 bits per heavy atom. The third kappa shape index (κ3) is 7.41. The molecular weight excluding hydrogens is 548 g/mol. The van der Waals surface area contributed by atoms with E-state index in [0.717, 1.165) is 25.0 Å². The number of furan rings is 1. The van der Waals surface area contributed by atoms with E-state index in [9.17, 15) is 19.5 Å². The Kier molecular flexibility index (Phi) is 9.47. The van der Waals surface area contributed by atoms with Crippen molar-refractivity contribution < 1.29 is 28.6 Å². The van der Waals surface area contributed by atoms with Crippen LogP contribution in [0.3, 0.4) is 0 Å². The summed E-state index contributed by atoms with van der Waals surface area (Å²) in [5, 5.41) is 29.5. The lowest BCUT2D eigenvalue weighted by Gasteiger charge is -2.16. The summed E-state index contributed by atoms with van der Waals surface area (Å²) in [6, 6.07) is 10.3. The first kappa shape index (κ1) is 28.6. The number of nitrogens with zero attached hydrogens (tertiary/aromatic N) is 1. The van der Waals surface area contributed by atoms with E-state index in [2.05, 4.69) is 31.5 Å². The number of aromatic nitrogens is 2. The largest absolute Gasteiger partial charge is 0.507 e. The van der Waals surface area contributed by atoms with Crippen LogP contribution < -0.4 is 21.3 Å². The molecule has 2 fully saturated rings. The van der Waals surface area contributed by atoms with E-state index in [1.165, 1.54) is 6.07 Å². The Hall–Kier alpha value is -3.97. The summed E-state index contributed by atoms with van der Waals surface area (Å²) in [4.78, 5) is 36.0. The van der Waals surface area contributed by atoms with Gasteiger partial charge in [-0.3, -0.25) is 14.7 Å². The van der Waals surface area contributed by atoms with Gasteiger partial charge in [0.2, 0.25) is 5.91 Å². The second-order valence-corrected chi connectivity index (χ2v) is 11.2. The lowest BCUT2D eigenvalue weighted by Crippen LogP contribution is -2.36. The molecule has 2 aromatic heterocycles. The lowest BCUT2D eigenvalue weighted by molar-refractivity contribution is -0.121. The first-order valence-electron chi connectivity index (χ1n) is 13.7. The quantitative estimate of drug-likeness (QED) is 0.124. The topological polar surface area (TPSA) is 171 Å². The van der Waals surface area contributed by atoms with Crippen molar-refractivity contribution in [2.75, 3.05) is 32.1 Å². The number of aromatic hydroxyl groups is 1. The number of aromatic amines is 1. The predicted octanol–water partition coefficient (Wildman–Crippen LogP) is 2.63. The van der Waals surface area contributed by atoms with Crippen molar-refractivity contribution in [3.63, 3.8) is 0 Å². The van der Waals surface area contributed by atoms with E-state index >= 15 is 0 Å². The molecule has 2 aliphatic rings. The summed E-state index contributed by atoms with van der Waals surface area (Å²) in [7, 11) is 0. The fourth-order valence-electron chi connectivity index (χ4n) is 4.97. The third-order valence-corrected chi connectivity index (χ3v) is 8.59. The zero-order chi connectivity index (χ0) is 28.6. The van der Waals surface area contributed by atoms with Gasteiger partial charge in [-0.2, -0.15) is 16.9 Å². The number of urea groups is 1. The first-order chi connectivity index (χ1) is 20.0. The summed E-state index contributed by atoms with van der Waals surface area (Å²) >= 11 is 1.88. The number of nitrogens with one attached hydrogen (secondary N) is 5. The SMILES string of the molecule is O=C(CCCC[C@@H]1SC[C@@H]2NC(=O)N[C@@H]21)NCCOCCNC(=O)c1ccc(-c2cc(-c3ccco3)[nH]n2)c(O)c1. The second-order valence-electron chi connectivity index (χ2n) is 9.96. The van der Waals surface area contributed by atoms with Crippen molar-refractivity contribution >= 4 is 29.6 Å². The summed E-state index contributed by atoms with van der Waals surface area (Å²) in [6.07, 6.45) is 4.76. The Morgan fingerprint density at radius 3 is 2.78 bits per heavy atom. The molecule has 13 heteroatoms. The summed E-state index contributed by atoms with van der Waals surface area (Å²) in [6.45, 7) is 1.32. The Balaban J connectivity index is 0.917. The van der Waals surface area contributed by atoms with Crippen LogP contribution in [0.15, 0.2) is 47.1 Å². The van der Waals surface area contributed by atoms with Crippen molar-refractivity contribution in [2.45, 2.75) is 43.0 Å². The molecule has 3 atom stereocenters. The van der Waals surface area contributed by atoms with Crippen LogP contribution >= 0.6 is 11.8 Å². The molecule has 41 heavy (non-hydrogen) atoms. The molecule has 12 nitrogen and oxygen atoms in total. The van der Waals surface area contributed by atoms with E-state index < -0.39 is 0 Å². The molecule has 1 aromatic carbocycles. The first-order valence-corrected chi connectivity index (χ1v) is 14.8. The molecule has 218 valence electrons. The van der Waals surface area contributed by atoms with Crippen molar-refractivity contribution in [3.8, 4) is 28.5 Å². The van der Waals surface area contributed by atoms with Gasteiger partial charge in [0.1, 0.15) is 11.4 Å². The molecule has 3 aromatic rings. The number of benzene rings is 1. The van der Waals surface area contributed by atoms with Crippen LogP contribution in [0.4, 0.5) is 4.79 Å². The minimum Gasteiger partial charge on any atom is -0.507 e. The zero-order valence-electron chi connectivity index (χ0n) is 22.5. The molecule has 0 saturated carbocycles. The van der Waals surface area contributed by atoms with E-state index in [1.54, 1.807) is 36.6 Å². The molecule has 0 unspecified atom stereocenters. The number of phenols is 1. The molecule has 0 radical (unpaired) electrons. The fraction of sp³-hybridized carbons (Fsp3) is 0.429. The van der Waals surface area contributed by atoms with Crippen molar-refractivity contribution in [3.05, 3.63) is 48.2 Å². The van der Waals surface area contributed by atoms with Crippen LogP contribution in [-0.4, -0.2) is 82.5 Å². The van der Waals surface area contributed by atoms with Crippen LogP contribution in [0, 0.1) is 0 Å². The molecule has 2 saturated heterocycles. The lowest BCUT2D eigenvalue weighted by atomic mass is 10.0. The van der Waals surface area contributed by atoms with Crippen LogP contribution in [0.5, 0.6) is 5.75 Å². The average Bonchev–Trinajstić information content (AvgIpc) is 3.76. The minimum atomic E-state index is -0.333. The van der Waals surface area contributed by atoms with Crippen LogP contribution in [0.2, 0.25) is 0 Å². The highest BCUT2D eigenvalue weighted by Gasteiger charge is 2.42. The molecule has 0 aliphatic carbocycles. The Morgan fingerprint density at radius 1 is 1.12 bits per heavy atom. The Labute approximate surface area is 241 Å². The maximum absolute atomic E-state index is 12.5. The molecule has 0 bridgehead atoms. The molecular formula is C28H34N6O6S. The standard InChI is InChI=1S/C28H34N6O6S/c35-22-14-17(7-8-18(22)19-15-20(34-33-19)23-4-3-11-40-23)27(37)30-10-13-39-12-9-29-25(36)6-2-1-5-24-26-21(16-41-24)31-28(38)32-26/h3-4,7-8,11,14-15,21,24,26,35H,1-2,5-6,9-10,12-13,16H2,(H,29,36)(H,30,37)(H,33,34)(H2,31,32,38)/t21-,24-,26-/m0/s1. The third-order valence-electron chi connectivity index (χ3n) is 7.08. The van der Waals surface area contributed by atoms with Gasteiger partial charge in [0.15, 0.2) is 5.76 Å². The highest BCUT2D eigenvalue weighted by Crippen LogP contribution is 2.33. The summed E-state index contributed by atoms with van der Waals surface area (Å²) < 4.78 is 10.9. The van der Waals surface area contributed by atoms with E-state index in [-0.39, 0.29) is 42.2 Å². The van der Waals surface area contributed by atoms with Gasteiger partial charge in [0.05, 0.1) is 37.3 Å². The Bertz CT molecular complexity index is 1350. The number of unbranched alkanes of at least 4 members (excludes halogenated alkanes) is 1. The van der Waals surface area contributed by atoms with Crippen LogP contribution in [-0.2, 0) is 9.53 Å². The number of rotatable bonds is 14. The monoisotopic (exact) mass is 582 g/mol. The van der Waals surface area contributed by atoms with E-state index in [4.69, 9.17) is 9.15 Å². The number of phenolic OH excluding ortho intramolecular Hbond substituents is 1. The van der Waals surface area contributed by atoms with Gasteiger partial charge in [-0.1, -0.05) is 6.42 Å². The van der Waals surface area contributed by atoms with Crippen LogP contribution in [0.1, 0.15) is 36.0 Å². The maximum atomic E-state index is 12.5. The molecule has 5 rings (SSSR count). The predicted molar refractivity (Wildman–Crippen MR) is 154 cm³/mol. The van der Waals surface area contributed by atoms with Gasteiger partial charge in [-0.25, -0.2) is 4.79 Å². The van der Waals surface area contributed by atoms with Gasteiger partial charge >= 0.3 is 6.03 Å². The molecule has 4 heterocycles. The van der Waals surface area contributed by atoms with Gasteiger partial charge in [0, 0.05) is 41.6 Å². The van der Waals surface area contributed by atoms with Crippen LogP contribution in [0.25, 0.3) is 22.7 Å². The zero-order valence-corrected chi connectivity index (χ0v) is 23.3. The number of thioether (sulfide) groups is 1. The van der Waals surface area contributed by atoms with E-state index in [0.29, 0.717) is 59.7 Å². The normalized spacial score (nSPS) is 19.4. The van der Waals surface area contributed by atoms with Crippen molar-refractivity contribution in [1.82, 2.24) is 31.5 Å². The van der Waals surface area contributed by atoms with Gasteiger partial charge in [-0.15, -0.1) is 0 Å². The van der Waals surface area contributed by atoms with Crippen molar-refractivity contribution in [2.24, 2.45) is 0 Å². The average molecular weight is 583 g/mol.